The van der Waals surface area contributed by atoms with Crippen molar-refractivity contribution in [3.63, 3.8) is 0 Å². The number of hydrogen-bond donors (Lipinski definition) is 0. The minimum Gasteiger partial charge on any atom is -0.336 e. The second-order valence-corrected chi connectivity index (χ2v) is 8.55. The Kier molecular flexibility index (Phi) is 4.87. The molecular formula is C18H22N2O3S. The fraction of sp³-hybridized carbons (Fsp3) is 0.389. The van der Waals surface area contributed by atoms with Gasteiger partial charge in [0.1, 0.15) is 9.84 Å². The molecule has 0 spiro atoms. The third kappa shape index (κ3) is 3.94. The SMILES string of the molecule is CS(=O)(=O)CCN1CCN(C(=O)c2cccc3ccccc23)CC1. The summed E-state index contributed by atoms with van der Waals surface area (Å²) in [7, 11) is -2.94. The molecule has 3 rings (SSSR count). The number of rotatable bonds is 4. The predicted molar refractivity (Wildman–Crippen MR) is 96.0 cm³/mol. The normalized spacial score (nSPS) is 16.5. The zero-order valence-electron chi connectivity index (χ0n) is 13.8. The number of amides is 1. The van der Waals surface area contributed by atoms with Gasteiger partial charge in [0.15, 0.2) is 0 Å². The van der Waals surface area contributed by atoms with Gasteiger partial charge in [0.25, 0.3) is 5.91 Å². The van der Waals surface area contributed by atoms with E-state index in [4.69, 9.17) is 0 Å². The molecule has 0 atom stereocenters. The largest absolute Gasteiger partial charge is 0.336 e. The summed E-state index contributed by atoms with van der Waals surface area (Å²) >= 11 is 0. The first kappa shape index (κ1) is 16.9. The van der Waals surface area contributed by atoms with Crippen molar-refractivity contribution in [1.29, 1.82) is 0 Å². The molecule has 1 heterocycles. The van der Waals surface area contributed by atoms with Gasteiger partial charge in [-0.25, -0.2) is 8.42 Å². The summed E-state index contributed by atoms with van der Waals surface area (Å²) in [6.07, 6.45) is 1.26. The Morgan fingerprint density at radius 2 is 1.67 bits per heavy atom. The Morgan fingerprint density at radius 3 is 2.38 bits per heavy atom. The van der Waals surface area contributed by atoms with Gasteiger partial charge in [0.2, 0.25) is 0 Å². The van der Waals surface area contributed by atoms with E-state index in [0.717, 1.165) is 16.3 Å². The topological polar surface area (TPSA) is 57.7 Å². The first-order valence-corrected chi connectivity index (χ1v) is 10.2. The van der Waals surface area contributed by atoms with Crippen molar-refractivity contribution in [3.05, 3.63) is 48.0 Å². The van der Waals surface area contributed by atoms with Crippen LogP contribution >= 0.6 is 0 Å². The molecule has 1 fully saturated rings. The van der Waals surface area contributed by atoms with Gasteiger partial charge < -0.3 is 4.90 Å². The van der Waals surface area contributed by atoms with Crippen LogP contribution in [0, 0.1) is 0 Å². The lowest BCUT2D eigenvalue weighted by Gasteiger charge is -2.34. The third-order valence-corrected chi connectivity index (χ3v) is 5.38. The highest BCUT2D eigenvalue weighted by Crippen LogP contribution is 2.20. The molecule has 0 aliphatic carbocycles. The highest BCUT2D eigenvalue weighted by Gasteiger charge is 2.23. The summed E-state index contributed by atoms with van der Waals surface area (Å²) in [4.78, 5) is 16.8. The van der Waals surface area contributed by atoms with E-state index in [1.807, 2.05) is 47.4 Å². The Morgan fingerprint density at radius 1 is 1.00 bits per heavy atom. The minimum absolute atomic E-state index is 0.0505. The smallest absolute Gasteiger partial charge is 0.254 e. The number of piperazine rings is 1. The van der Waals surface area contributed by atoms with Gasteiger partial charge in [-0.15, -0.1) is 0 Å². The summed E-state index contributed by atoms with van der Waals surface area (Å²) in [6, 6.07) is 13.7. The van der Waals surface area contributed by atoms with Crippen molar-refractivity contribution in [1.82, 2.24) is 9.80 Å². The summed E-state index contributed by atoms with van der Waals surface area (Å²) in [6.45, 7) is 3.23. The number of carbonyl (C=O) groups excluding carboxylic acids is 1. The zero-order chi connectivity index (χ0) is 17.2. The van der Waals surface area contributed by atoms with E-state index in [9.17, 15) is 13.2 Å². The van der Waals surface area contributed by atoms with Gasteiger partial charge in [0, 0.05) is 44.5 Å². The molecule has 0 unspecified atom stereocenters. The molecule has 0 radical (unpaired) electrons. The first-order chi connectivity index (χ1) is 11.4. The van der Waals surface area contributed by atoms with Crippen LogP contribution in [0.2, 0.25) is 0 Å². The average molecular weight is 346 g/mol. The molecule has 128 valence electrons. The fourth-order valence-electron chi connectivity index (χ4n) is 3.05. The van der Waals surface area contributed by atoms with E-state index >= 15 is 0 Å². The molecule has 6 heteroatoms. The van der Waals surface area contributed by atoms with Crippen LogP contribution in [0.1, 0.15) is 10.4 Å². The Bertz CT molecular complexity index is 835. The standard InChI is InChI=1S/C18H22N2O3S/c1-24(22,23)14-13-19-9-11-20(12-10-19)18(21)17-8-4-6-15-5-2-3-7-16(15)17/h2-8H,9-14H2,1H3. The van der Waals surface area contributed by atoms with Crippen molar-refractivity contribution in [2.24, 2.45) is 0 Å². The lowest BCUT2D eigenvalue weighted by molar-refractivity contribution is 0.0646. The molecule has 2 aromatic carbocycles. The predicted octanol–water partition coefficient (Wildman–Crippen LogP) is 1.64. The molecule has 5 nitrogen and oxygen atoms in total. The number of sulfone groups is 1. The van der Waals surface area contributed by atoms with Crippen LogP contribution in [0.3, 0.4) is 0 Å². The summed E-state index contributed by atoms with van der Waals surface area (Å²) < 4.78 is 22.5. The summed E-state index contributed by atoms with van der Waals surface area (Å²) in [5, 5.41) is 2.04. The molecule has 1 aliphatic heterocycles. The quantitative estimate of drug-likeness (QED) is 0.845. The molecule has 24 heavy (non-hydrogen) atoms. The molecular weight excluding hydrogens is 324 g/mol. The van der Waals surface area contributed by atoms with Crippen LogP contribution in [0.5, 0.6) is 0 Å². The number of carbonyl (C=O) groups is 1. The van der Waals surface area contributed by atoms with Crippen LogP contribution in [-0.2, 0) is 9.84 Å². The maximum atomic E-state index is 12.8. The van der Waals surface area contributed by atoms with Crippen molar-refractivity contribution in [3.8, 4) is 0 Å². The zero-order valence-corrected chi connectivity index (χ0v) is 14.6. The van der Waals surface area contributed by atoms with Crippen molar-refractivity contribution < 1.29 is 13.2 Å². The molecule has 1 amide bonds. The Balaban J connectivity index is 1.67. The molecule has 0 N–H and O–H groups in total. The van der Waals surface area contributed by atoms with E-state index < -0.39 is 9.84 Å². The van der Waals surface area contributed by atoms with E-state index in [2.05, 4.69) is 4.90 Å². The van der Waals surface area contributed by atoms with Crippen LogP contribution < -0.4 is 0 Å². The monoisotopic (exact) mass is 346 g/mol. The maximum Gasteiger partial charge on any atom is 0.254 e. The molecule has 1 aliphatic rings. The molecule has 0 saturated carbocycles. The molecule has 1 saturated heterocycles. The van der Waals surface area contributed by atoms with Gasteiger partial charge in [-0.05, 0) is 16.8 Å². The molecule has 0 bridgehead atoms. The second kappa shape index (κ2) is 6.91. The molecule has 0 aromatic heterocycles. The maximum absolute atomic E-state index is 12.8. The van der Waals surface area contributed by atoms with Gasteiger partial charge in [0.05, 0.1) is 5.75 Å². The number of benzene rings is 2. The highest BCUT2D eigenvalue weighted by atomic mass is 32.2. The van der Waals surface area contributed by atoms with Gasteiger partial charge >= 0.3 is 0 Å². The van der Waals surface area contributed by atoms with Gasteiger partial charge in [-0.2, -0.15) is 0 Å². The van der Waals surface area contributed by atoms with Crippen molar-refractivity contribution in [2.45, 2.75) is 0 Å². The van der Waals surface area contributed by atoms with Gasteiger partial charge in [-0.1, -0.05) is 36.4 Å². The fourth-order valence-corrected chi connectivity index (χ4v) is 3.64. The van der Waals surface area contributed by atoms with Gasteiger partial charge in [-0.3, -0.25) is 9.69 Å². The Hall–Kier alpha value is -1.92. The lowest BCUT2D eigenvalue weighted by atomic mass is 10.0. The number of hydrogen-bond acceptors (Lipinski definition) is 4. The number of nitrogens with zero attached hydrogens (tertiary/aromatic N) is 2. The minimum atomic E-state index is -2.94. The first-order valence-electron chi connectivity index (χ1n) is 8.11. The highest BCUT2D eigenvalue weighted by molar-refractivity contribution is 7.90. The van der Waals surface area contributed by atoms with Crippen LogP contribution in [0.15, 0.2) is 42.5 Å². The lowest BCUT2D eigenvalue weighted by Crippen LogP contribution is -2.49. The van der Waals surface area contributed by atoms with Crippen LogP contribution in [-0.4, -0.2) is 68.9 Å². The van der Waals surface area contributed by atoms with Crippen molar-refractivity contribution >= 4 is 26.5 Å². The number of fused-ring (bicyclic) bond motifs is 1. The summed E-state index contributed by atoms with van der Waals surface area (Å²) in [5.74, 6) is 0.221. The third-order valence-electron chi connectivity index (χ3n) is 4.46. The van der Waals surface area contributed by atoms with Crippen LogP contribution in [0.4, 0.5) is 0 Å². The summed E-state index contributed by atoms with van der Waals surface area (Å²) in [5.41, 5.74) is 0.734. The van der Waals surface area contributed by atoms with Crippen molar-refractivity contribution in [2.75, 3.05) is 44.7 Å². The average Bonchev–Trinajstić information content (AvgIpc) is 2.59. The van der Waals surface area contributed by atoms with Crippen LogP contribution in [0.25, 0.3) is 10.8 Å². The molecule has 2 aromatic rings. The van der Waals surface area contributed by atoms with E-state index in [1.54, 1.807) is 0 Å². The second-order valence-electron chi connectivity index (χ2n) is 6.29. The Labute approximate surface area is 142 Å². The van der Waals surface area contributed by atoms with E-state index in [-0.39, 0.29) is 11.7 Å². The van der Waals surface area contributed by atoms with E-state index in [1.165, 1.54) is 6.26 Å². The van der Waals surface area contributed by atoms with E-state index in [0.29, 0.717) is 32.7 Å².